The summed E-state index contributed by atoms with van der Waals surface area (Å²) in [6, 6.07) is 14.8. The van der Waals surface area contributed by atoms with Gasteiger partial charge in [-0.3, -0.25) is 0 Å². The van der Waals surface area contributed by atoms with E-state index in [-0.39, 0.29) is 56.9 Å². The number of halogens is 3. The van der Waals surface area contributed by atoms with E-state index in [1.165, 1.54) is 12.1 Å². The molecule has 2 aromatic carbocycles. The maximum atomic E-state index is 15.8. The van der Waals surface area contributed by atoms with Crippen LogP contribution >= 0.6 is 11.3 Å². The van der Waals surface area contributed by atoms with Crippen LogP contribution in [0.5, 0.6) is 5.88 Å². The summed E-state index contributed by atoms with van der Waals surface area (Å²) in [4.78, 5) is 22.5. The number of carbonyl (C=O) groups is 1. The lowest BCUT2D eigenvalue weighted by Gasteiger charge is -2.28. The number of esters is 1. The van der Waals surface area contributed by atoms with Gasteiger partial charge < -0.3 is 18.8 Å². The number of pyridine rings is 1. The topological polar surface area (TPSA) is 99.3 Å². The minimum atomic E-state index is -0.696. The Morgan fingerprint density at radius 1 is 1.08 bits per heavy atom. The Morgan fingerprint density at radius 3 is 2.56 bits per heavy atom. The number of rotatable bonds is 8. The van der Waals surface area contributed by atoms with Crippen LogP contribution in [-0.4, -0.2) is 39.3 Å². The number of aromatic nitrogens is 3. The predicted octanol–water partition coefficient (Wildman–Crippen LogP) is 8.17. The molecule has 1 saturated heterocycles. The van der Waals surface area contributed by atoms with Crippen molar-refractivity contribution < 1.29 is 32.2 Å². The van der Waals surface area contributed by atoms with Gasteiger partial charge in [0.25, 0.3) is 0 Å². The number of imidazole rings is 1. The number of thiophene rings is 1. The van der Waals surface area contributed by atoms with Crippen molar-refractivity contribution in [1.82, 2.24) is 14.5 Å². The highest BCUT2D eigenvalue weighted by Crippen LogP contribution is 2.41. The molecule has 8 nitrogen and oxygen atoms in total. The average Bonchev–Trinajstić information content (AvgIpc) is 3.69. The Balaban J connectivity index is 1.31. The molecule has 1 atom stereocenters. The summed E-state index contributed by atoms with van der Waals surface area (Å²) in [7, 11) is 0. The van der Waals surface area contributed by atoms with Crippen LogP contribution in [0.25, 0.3) is 22.3 Å². The lowest BCUT2D eigenvalue weighted by Crippen LogP contribution is -2.27. The van der Waals surface area contributed by atoms with Gasteiger partial charge in [0.05, 0.1) is 46.4 Å². The number of ether oxygens (including phenoxy) is 3. The number of benzene rings is 2. The summed E-state index contributed by atoms with van der Waals surface area (Å²) in [5, 5.41) is 9.00. The fraction of sp³-hybridized carbons (Fsp3) is 0.333. The molecule has 0 aliphatic carbocycles. The zero-order chi connectivity index (χ0) is 34.4. The third-order valence-electron chi connectivity index (χ3n) is 8.06. The molecule has 248 valence electrons. The molecule has 1 aliphatic rings. The molecule has 0 saturated carbocycles. The maximum absolute atomic E-state index is 15.8. The van der Waals surface area contributed by atoms with Gasteiger partial charge in [0, 0.05) is 29.5 Å². The van der Waals surface area contributed by atoms with E-state index in [0.717, 1.165) is 29.5 Å². The van der Waals surface area contributed by atoms with E-state index >= 15 is 8.78 Å². The van der Waals surface area contributed by atoms with Crippen molar-refractivity contribution in [2.75, 3.05) is 13.2 Å². The molecule has 6 rings (SSSR count). The van der Waals surface area contributed by atoms with Crippen molar-refractivity contribution in [2.45, 2.75) is 59.3 Å². The van der Waals surface area contributed by atoms with Crippen molar-refractivity contribution in [3.8, 4) is 23.2 Å². The zero-order valence-corrected chi connectivity index (χ0v) is 27.9. The van der Waals surface area contributed by atoms with E-state index in [2.05, 4.69) is 18.8 Å². The van der Waals surface area contributed by atoms with Gasteiger partial charge in [0.2, 0.25) is 5.88 Å². The molecule has 0 N–H and O–H groups in total. The third kappa shape index (κ3) is 6.79. The zero-order valence-electron chi connectivity index (χ0n) is 27.1. The Morgan fingerprint density at radius 2 is 1.88 bits per heavy atom. The van der Waals surface area contributed by atoms with Crippen molar-refractivity contribution in [3.05, 3.63) is 98.8 Å². The van der Waals surface area contributed by atoms with Crippen LogP contribution in [0.2, 0.25) is 0 Å². The van der Waals surface area contributed by atoms with E-state index in [4.69, 9.17) is 24.5 Å². The van der Waals surface area contributed by atoms with Crippen molar-refractivity contribution in [1.29, 1.82) is 5.26 Å². The van der Waals surface area contributed by atoms with Gasteiger partial charge >= 0.3 is 5.97 Å². The van der Waals surface area contributed by atoms with Crippen LogP contribution in [0.1, 0.15) is 72.2 Å². The summed E-state index contributed by atoms with van der Waals surface area (Å²) in [6.45, 7) is 10.2. The van der Waals surface area contributed by atoms with Gasteiger partial charge in [-0.05, 0) is 62.7 Å². The molecule has 12 heteroatoms. The molecule has 48 heavy (non-hydrogen) atoms. The van der Waals surface area contributed by atoms with E-state index in [9.17, 15) is 9.18 Å². The number of hydrogen-bond acceptors (Lipinski definition) is 8. The normalized spacial score (nSPS) is 15.9. The summed E-state index contributed by atoms with van der Waals surface area (Å²) in [5.41, 5.74) is 0.794. The summed E-state index contributed by atoms with van der Waals surface area (Å²) in [6.07, 6.45) is -0.0281. The Hall–Kier alpha value is -4.73. The first-order valence-electron chi connectivity index (χ1n) is 15.3. The van der Waals surface area contributed by atoms with Crippen molar-refractivity contribution in [3.63, 3.8) is 0 Å². The monoisotopic (exact) mass is 674 g/mol. The Labute approximate surface area is 279 Å². The van der Waals surface area contributed by atoms with E-state index in [1.54, 1.807) is 45.0 Å². The van der Waals surface area contributed by atoms with Crippen molar-refractivity contribution in [2.24, 2.45) is 5.41 Å². The molecule has 0 amide bonds. The molecule has 4 heterocycles. The first-order chi connectivity index (χ1) is 22.7. The number of nitriles is 1. The molecule has 3 aromatic heterocycles. The van der Waals surface area contributed by atoms with Gasteiger partial charge in [0.1, 0.15) is 46.4 Å². The standard InChI is InChI=1S/C36H33F3N4O4S/c1-35(2,3)47-34(44)20-9-10-28-29(12-20)43(31-18-45-19-36(31,4)5)32(41-28)13-21-11-25(38)23(15-24(21)37)27-7-6-8-33(42-27)46-17-30-26(39)14-22(16-40)48-30/h6-12,14-15,31H,13,17-19H2,1-5H3/t31-/m1/s1. The second kappa shape index (κ2) is 12.7. The minimum Gasteiger partial charge on any atom is -0.472 e. The van der Waals surface area contributed by atoms with Gasteiger partial charge in [-0.2, -0.15) is 5.26 Å². The quantitative estimate of drug-likeness (QED) is 0.153. The molecule has 0 bridgehead atoms. The lowest BCUT2D eigenvalue weighted by molar-refractivity contribution is 0.00696. The molecule has 1 fully saturated rings. The van der Waals surface area contributed by atoms with Crippen LogP contribution in [0.15, 0.2) is 54.6 Å². The summed E-state index contributed by atoms with van der Waals surface area (Å²) >= 11 is 0.967. The maximum Gasteiger partial charge on any atom is 0.338 e. The van der Waals surface area contributed by atoms with E-state index in [0.29, 0.717) is 35.6 Å². The Bertz CT molecular complexity index is 2080. The highest BCUT2D eigenvalue weighted by atomic mass is 32.1. The minimum absolute atomic E-state index is 0.0281. The second-order valence-electron chi connectivity index (χ2n) is 13.4. The van der Waals surface area contributed by atoms with Gasteiger partial charge in [-0.25, -0.2) is 27.9 Å². The number of fused-ring (bicyclic) bond motifs is 1. The predicted molar refractivity (Wildman–Crippen MR) is 174 cm³/mol. The molecular weight excluding hydrogens is 641 g/mol. The molecular formula is C36H33F3N4O4S. The van der Waals surface area contributed by atoms with Gasteiger partial charge in [-0.15, -0.1) is 11.3 Å². The van der Waals surface area contributed by atoms with Crippen LogP contribution in [-0.2, 0) is 22.5 Å². The molecule has 0 radical (unpaired) electrons. The smallest absolute Gasteiger partial charge is 0.338 e. The highest BCUT2D eigenvalue weighted by molar-refractivity contribution is 7.12. The second-order valence-corrected chi connectivity index (χ2v) is 14.5. The largest absolute Gasteiger partial charge is 0.472 e. The van der Waals surface area contributed by atoms with E-state index < -0.39 is 29.0 Å². The van der Waals surface area contributed by atoms with E-state index in [1.807, 2.05) is 10.6 Å². The van der Waals surface area contributed by atoms with Crippen LogP contribution in [0.3, 0.4) is 0 Å². The number of carbonyl (C=O) groups excluding carboxylic acids is 1. The molecule has 0 spiro atoms. The first kappa shape index (κ1) is 33.2. The lowest BCUT2D eigenvalue weighted by atomic mass is 9.87. The fourth-order valence-corrected chi connectivity index (χ4v) is 6.44. The highest BCUT2D eigenvalue weighted by Gasteiger charge is 2.39. The molecule has 0 unspecified atom stereocenters. The van der Waals surface area contributed by atoms with Gasteiger partial charge in [0.15, 0.2) is 0 Å². The summed E-state index contributed by atoms with van der Waals surface area (Å²) < 4.78 is 64.5. The SMILES string of the molecule is CC(C)(C)OC(=O)c1ccc2nc(Cc3cc(F)c(-c4cccc(OCc5sc(C#N)cc5F)n4)cc3F)n([C@@H]3COCC3(C)C)c2c1. The number of hydrogen-bond donors (Lipinski definition) is 0. The van der Waals surface area contributed by atoms with Crippen LogP contribution in [0, 0.1) is 34.2 Å². The van der Waals surface area contributed by atoms with Crippen molar-refractivity contribution >= 4 is 28.3 Å². The third-order valence-corrected chi connectivity index (χ3v) is 9.05. The molecule has 1 aliphatic heterocycles. The van der Waals surface area contributed by atoms with Gasteiger partial charge in [-0.1, -0.05) is 19.9 Å². The number of nitrogens with zero attached hydrogens (tertiary/aromatic N) is 4. The first-order valence-corrected chi connectivity index (χ1v) is 16.1. The molecule has 5 aromatic rings. The van der Waals surface area contributed by atoms with Crippen LogP contribution in [0.4, 0.5) is 13.2 Å². The average molecular weight is 675 g/mol. The fourth-order valence-electron chi connectivity index (χ4n) is 5.69. The van der Waals surface area contributed by atoms with Crippen LogP contribution < -0.4 is 4.74 Å². The Kier molecular flexibility index (Phi) is 8.78. The summed E-state index contributed by atoms with van der Waals surface area (Å²) in [5.74, 6) is -1.80.